The van der Waals surface area contributed by atoms with Crippen LogP contribution in [0.25, 0.3) is 0 Å². The van der Waals surface area contributed by atoms with Gasteiger partial charge >= 0.3 is 0 Å². The molecule has 1 aromatic carbocycles. The molecule has 1 amide bonds. The zero-order valence-electron chi connectivity index (χ0n) is 8.42. The Balaban J connectivity index is 2.37. The van der Waals surface area contributed by atoms with E-state index < -0.39 is 0 Å². The maximum absolute atomic E-state index is 11.4. The minimum absolute atomic E-state index is 0.174. The van der Waals surface area contributed by atoms with Gasteiger partial charge in [-0.1, -0.05) is 36.1 Å². The van der Waals surface area contributed by atoms with Crippen LogP contribution in [0.5, 0.6) is 0 Å². The molecule has 1 aliphatic rings. The third kappa shape index (κ3) is 1.24. The van der Waals surface area contributed by atoms with Gasteiger partial charge in [-0.25, -0.2) is 0 Å². The molecule has 2 nitrogen and oxygen atoms in total. The van der Waals surface area contributed by atoms with E-state index in [1.54, 1.807) is 0 Å². The monoisotopic (exact) mass is 187 g/mol. The summed E-state index contributed by atoms with van der Waals surface area (Å²) in [6.45, 7) is 0. The molecular formula is C11H14BNO. The van der Waals surface area contributed by atoms with Gasteiger partial charge in [0.2, 0.25) is 5.91 Å². The summed E-state index contributed by atoms with van der Waals surface area (Å²) in [5.41, 5.74) is 7.41. The predicted molar refractivity (Wildman–Crippen MR) is 59.3 cm³/mol. The van der Waals surface area contributed by atoms with Crippen molar-refractivity contribution in [3.05, 3.63) is 29.8 Å². The van der Waals surface area contributed by atoms with Crippen LogP contribution < -0.4 is 11.2 Å². The lowest BCUT2D eigenvalue weighted by atomic mass is 9.64. The minimum atomic E-state index is -0.353. The Morgan fingerprint density at radius 1 is 1.29 bits per heavy atom. The molecule has 2 rings (SSSR count). The van der Waals surface area contributed by atoms with Crippen molar-refractivity contribution < 1.29 is 4.79 Å². The number of carbonyl (C=O) groups is 1. The quantitative estimate of drug-likeness (QED) is 0.643. The van der Waals surface area contributed by atoms with Gasteiger partial charge in [0.25, 0.3) is 0 Å². The molecule has 14 heavy (non-hydrogen) atoms. The van der Waals surface area contributed by atoms with E-state index in [9.17, 15) is 4.79 Å². The highest BCUT2D eigenvalue weighted by molar-refractivity contribution is 6.32. The van der Waals surface area contributed by atoms with Gasteiger partial charge < -0.3 is 5.73 Å². The molecule has 1 aliphatic carbocycles. The van der Waals surface area contributed by atoms with Crippen LogP contribution in [0.3, 0.4) is 0 Å². The van der Waals surface area contributed by atoms with Gasteiger partial charge in [0.05, 0.1) is 5.41 Å². The topological polar surface area (TPSA) is 43.1 Å². The molecule has 3 heteroatoms. The first-order chi connectivity index (χ1) is 6.65. The predicted octanol–water partition coefficient (Wildman–Crippen LogP) is -0.148. The van der Waals surface area contributed by atoms with Crippen molar-refractivity contribution in [2.45, 2.75) is 24.7 Å². The molecule has 0 unspecified atom stereocenters. The number of nitrogens with two attached hydrogens (primary N) is 1. The van der Waals surface area contributed by atoms with Crippen LogP contribution in [0, 0.1) is 0 Å². The fourth-order valence-corrected chi connectivity index (χ4v) is 2.08. The van der Waals surface area contributed by atoms with Crippen molar-refractivity contribution in [1.29, 1.82) is 0 Å². The van der Waals surface area contributed by atoms with Gasteiger partial charge in [0.1, 0.15) is 7.85 Å². The summed E-state index contributed by atoms with van der Waals surface area (Å²) in [5, 5.41) is 0. The van der Waals surface area contributed by atoms with E-state index in [-0.39, 0.29) is 11.3 Å². The van der Waals surface area contributed by atoms with E-state index in [0.29, 0.717) is 0 Å². The smallest absolute Gasteiger partial charge is 0.228 e. The number of hydrogen-bond donors (Lipinski definition) is 1. The summed E-state index contributed by atoms with van der Waals surface area (Å²) in [5.74, 6) is -0.174. The van der Waals surface area contributed by atoms with E-state index in [1.165, 1.54) is 5.46 Å². The molecule has 2 N–H and O–H groups in total. The minimum Gasteiger partial charge on any atom is -0.369 e. The number of carbonyl (C=O) groups excluding carboxylic acids is 1. The average molecular weight is 187 g/mol. The number of amides is 1. The van der Waals surface area contributed by atoms with Crippen LogP contribution in [0.15, 0.2) is 24.3 Å². The highest BCUT2D eigenvalue weighted by Gasteiger charge is 2.43. The Morgan fingerprint density at radius 2 is 1.86 bits per heavy atom. The fraction of sp³-hybridized carbons (Fsp3) is 0.364. The van der Waals surface area contributed by atoms with Crippen LogP contribution in [-0.4, -0.2) is 13.8 Å². The Hall–Kier alpha value is -1.25. The van der Waals surface area contributed by atoms with Crippen LogP contribution in [0.4, 0.5) is 0 Å². The Morgan fingerprint density at radius 3 is 2.21 bits per heavy atom. The summed E-state index contributed by atoms with van der Waals surface area (Å²) in [7, 11) is 2.04. The molecule has 0 saturated heterocycles. The molecule has 72 valence electrons. The molecule has 1 fully saturated rings. The number of hydrogen-bond acceptors (Lipinski definition) is 1. The lowest BCUT2D eigenvalue weighted by Gasteiger charge is -2.39. The summed E-state index contributed by atoms with van der Waals surface area (Å²) >= 11 is 0. The van der Waals surface area contributed by atoms with Gasteiger partial charge in [-0.05, 0) is 18.4 Å². The lowest BCUT2D eigenvalue weighted by molar-refractivity contribution is -0.126. The first kappa shape index (κ1) is 9.32. The average Bonchev–Trinajstić information content (AvgIpc) is 2.05. The zero-order chi connectivity index (χ0) is 10.2. The van der Waals surface area contributed by atoms with E-state index >= 15 is 0 Å². The third-order valence-corrected chi connectivity index (χ3v) is 3.28. The molecule has 0 radical (unpaired) electrons. The zero-order valence-corrected chi connectivity index (χ0v) is 8.42. The van der Waals surface area contributed by atoms with E-state index in [4.69, 9.17) is 5.73 Å². The Kier molecular flexibility index (Phi) is 2.10. The van der Waals surface area contributed by atoms with Crippen molar-refractivity contribution >= 4 is 19.2 Å². The molecule has 0 bridgehead atoms. The SMILES string of the molecule is Bc1ccc(C2(C(N)=O)CCC2)cc1. The second kappa shape index (κ2) is 3.16. The van der Waals surface area contributed by atoms with E-state index in [1.807, 2.05) is 32.1 Å². The summed E-state index contributed by atoms with van der Waals surface area (Å²) < 4.78 is 0. The van der Waals surface area contributed by atoms with Gasteiger partial charge in [0, 0.05) is 0 Å². The van der Waals surface area contributed by atoms with Crippen LogP contribution in [0.2, 0.25) is 0 Å². The normalized spacial score (nSPS) is 18.6. The summed E-state index contributed by atoms with van der Waals surface area (Å²) in [6.07, 6.45) is 2.92. The lowest BCUT2D eigenvalue weighted by Crippen LogP contribution is -2.46. The van der Waals surface area contributed by atoms with Crippen LogP contribution in [0.1, 0.15) is 24.8 Å². The molecule has 1 aromatic rings. The largest absolute Gasteiger partial charge is 0.369 e. The Labute approximate surface area is 84.9 Å². The van der Waals surface area contributed by atoms with Gasteiger partial charge in [-0.15, -0.1) is 0 Å². The molecule has 0 atom stereocenters. The standard InChI is InChI=1S/C11H14BNO/c12-9-4-2-8(3-5-9)11(10(13)14)6-1-7-11/h2-5H,1,6-7,12H2,(H2,13,14). The van der Waals surface area contributed by atoms with Crippen molar-refractivity contribution in [3.63, 3.8) is 0 Å². The number of rotatable bonds is 2. The third-order valence-electron chi connectivity index (χ3n) is 3.28. The molecule has 0 aromatic heterocycles. The van der Waals surface area contributed by atoms with Gasteiger partial charge in [-0.2, -0.15) is 0 Å². The molecule has 0 spiro atoms. The number of primary amides is 1. The molecule has 1 saturated carbocycles. The second-order valence-electron chi connectivity index (χ2n) is 4.17. The maximum atomic E-state index is 11.4. The van der Waals surface area contributed by atoms with Crippen LogP contribution >= 0.6 is 0 Å². The summed E-state index contributed by atoms with van der Waals surface area (Å²) in [6, 6.07) is 8.13. The van der Waals surface area contributed by atoms with Crippen molar-refractivity contribution in [1.82, 2.24) is 0 Å². The fourth-order valence-electron chi connectivity index (χ4n) is 2.08. The molecule has 0 heterocycles. The van der Waals surface area contributed by atoms with Crippen molar-refractivity contribution in [2.75, 3.05) is 0 Å². The summed E-state index contributed by atoms with van der Waals surface area (Å²) in [4.78, 5) is 11.4. The molecular weight excluding hydrogens is 173 g/mol. The van der Waals surface area contributed by atoms with E-state index in [2.05, 4.69) is 0 Å². The van der Waals surface area contributed by atoms with Gasteiger partial charge in [-0.3, -0.25) is 4.79 Å². The first-order valence-electron chi connectivity index (χ1n) is 5.02. The van der Waals surface area contributed by atoms with E-state index in [0.717, 1.165) is 24.8 Å². The molecule has 0 aliphatic heterocycles. The first-order valence-corrected chi connectivity index (χ1v) is 5.02. The number of benzene rings is 1. The van der Waals surface area contributed by atoms with Crippen LogP contribution in [-0.2, 0) is 10.2 Å². The second-order valence-corrected chi connectivity index (χ2v) is 4.17. The van der Waals surface area contributed by atoms with Gasteiger partial charge in [0.15, 0.2) is 0 Å². The maximum Gasteiger partial charge on any atom is 0.228 e. The highest BCUT2D eigenvalue weighted by Crippen LogP contribution is 2.43. The Bertz CT molecular complexity index is 354. The van der Waals surface area contributed by atoms with Crippen molar-refractivity contribution in [2.24, 2.45) is 5.73 Å². The highest BCUT2D eigenvalue weighted by atomic mass is 16.1. The van der Waals surface area contributed by atoms with Crippen molar-refractivity contribution in [3.8, 4) is 0 Å².